The lowest BCUT2D eigenvalue weighted by Gasteiger charge is -2.40. The fourth-order valence-corrected chi connectivity index (χ4v) is 3.18. The topological polar surface area (TPSA) is 87.7 Å². The van der Waals surface area contributed by atoms with E-state index < -0.39 is 10.0 Å². The average Bonchev–Trinajstić information content (AvgIpc) is 2.40. The molecule has 0 aliphatic carbocycles. The number of amides is 1. The number of nitrogens with zero attached hydrogens (tertiary/aromatic N) is 1. The van der Waals surface area contributed by atoms with Gasteiger partial charge in [0.2, 0.25) is 15.9 Å². The van der Waals surface area contributed by atoms with Crippen LogP contribution in [0.3, 0.4) is 0 Å². The molecule has 2 heterocycles. The van der Waals surface area contributed by atoms with Gasteiger partial charge in [0.05, 0.1) is 11.9 Å². The van der Waals surface area contributed by atoms with Crippen LogP contribution in [0.25, 0.3) is 0 Å². The van der Waals surface area contributed by atoms with Crippen LogP contribution in [0.15, 0.2) is 0 Å². The second-order valence-electron chi connectivity index (χ2n) is 6.20. The van der Waals surface area contributed by atoms with E-state index in [0.717, 1.165) is 38.6 Å². The molecule has 7 nitrogen and oxygen atoms in total. The molecular formula is C13H25N3O4S. The lowest BCUT2D eigenvalue weighted by molar-refractivity contribution is -0.149. The summed E-state index contributed by atoms with van der Waals surface area (Å²) < 4.78 is 30.6. The second-order valence-corrected chi connectivity index (χ2v) is 8.03. The zero-order valence-corrected chi connectivity index (χ0v) is 13.5. The zero-order chi connectivity index (χ0) is 15.5. The molecule has 1 unspecified atom stereocenters. The number of nitrogens with one attached hydrogen (secondary N) is 2. The van der Waals surface area contributed by atoms with Gasteiger partial charge in [-0.15, -0.1) is 0 Å². The summed E-state index contributed by atoms with van der Waals surface area (Å²) >= 11 is 0. The Hall–Kier alpha value is -0.700. The first-order valence-corrected chi connectivity index (χ1v) is 9.27. The molecule has 0 aromatic carbocycles. The average molecular weight is 319 g/mol. The first kappa shape index (κ1) is 16.7. The van der Waals surface area contributed by atoms with Gasteiger partial charge in [-0.25, -0.2) is 13.1 Å². The van der Waals surface area contributed by atoms with E-state index in [2.05, 4.69) is 10.0 Å². The highest BCUT2D eigenvalue weighted by Crippen LogP contribution is 2.19. The first-order chi connectivity index (χ1) is 9.79. The van der Waals surface area contributed by atoms with E-state index in [1.54, 1.807) is 4.90 Å². The number of likely N-dealkylation sites (tertiary alicyclic amines) is 1. The molecule has 122 valence electrons. The molecule has 2 aliphatic rings. The van der Waals surface area contributed by atoms with Crippen molar-refractivity contribution in [2.24, 2.45) is 0 Å². The van der Waals surface area contributed by atoms with Crippen molar-refractivity contribution in [3.05, 3.63) is 0 Å². The maximum Gasteiger partial charge on any atom is 0.248 e. The summed E-state index contributed by atoms with van der Waals surface area (Å²) in [7, 11) is -3.23. The van der Waals surface area contributed by atoms with Gasteiger partial charge in [-0.1, -0.05) is 0 Å². The highest BCUT2D eigenvalue weighted by Gasteiger charge is 2.34. The maximum atomic E-state index is 12.3. The quantitative estimate of drug-likeness (QED) is 0.676. The Balaban J connectivity index is 1.86. The van der Waals surface area contributed by atoms with E-state index in [0.29, 0.717) is 6.54 Å². The standard InChI is InChI=1S/C13H25N3O4S/c1-13(9-14-10-13)20-8-12(17)16-6-4-3-5-11(16)7-15-21(2,18)19/h11,14-15H,3-10H2,1-2H3. The summed E-state index contributed by atoms with van der Waals surface area (Å²) in [5, 5.41) is 3.12. The smallest absolute Gasteiger partial charge is 0.248 e. The van der Waals surface area contributed by atoms with Crippen LogP contribution < -0.4 is 10.0 Å². The molecule has 0 radical (unpaired) electrons. The Labute approximate surface area is 126 Å². The number of hydrogen-bond donors (Lipinski definition) is 2. The largest absolute Gasteiger partial charge is 0.363 e. The fourth-order valence-electron chi connectivity index (χ4n) is 2.69. The molecular weight excluding hydrogens is 294 g/mol. The highest BCUT2D eigenvalue weighted by molar-refractivity contribution is 7.88. The maximum absolute atomic E-state index is 12.3. The minimum absolute atomic E-state index is 0.0527. The van der Waals surface area contributed by atoms with Crippen molar-refractivity contribution in [2.45, 2.75) is 37.8 Å². The summed E-state index contributed by atoms with van der Waals surface area (Å²) in [5.41, 5.74) is -0.244. The Morgan fingerprint density at radius 2 is 2.14 bits per heavy atom. The summed E-state index contributed by atoms with van der Waals surface area (Å²) in [6.45, 7) is 4.53. The summed E-state index contributed by atoms with van der Waals surface area (Å²) in [6.07, 6.45) is 3.94. The van der Waals surface area contributed by atoms with Crippen molar-refractivity contribution >= 4 is 15.9 Å². The monoisotopic (exact) mass is 319 g/mol. The molecule has 21 heavy (non-hydrogen) atoms. The normalized spacial score (nSPS) is 25.4. The van der Waals surface area contributed by atoms with Gasteiger partial charge in [-0.05, 0) is 26.2 Å². The van der Waals surface area contributed by atoms with Gasteiger partial charge in [-0.3, -0.25) is 4.79 Å². The third kappa shape index (κ3) is 4.91. The van der Waals surface area contributed by atoms with Gasteiger partial charge in [-0.2, -0.15) is 0 Å². The number of sulfonamides is 1. The minimum atomic E-state index is -3.23. The van der Waals surface area contributed by atoms with E-state index in [-0.39, 0.29) is 30.7 Å². The van der Waals surface area contributed by atoms with Gasteiger partial charge < -0.3 is 15.0 Å². The van der Waals surface area contributed by atoms with E-state index in [1.807, 2.05) is 6.92 Å². The third-order valence-corrected chi connectivity index (χ3v) is 4.76. The molecule has 0 aromatic rings. The van der Waals surface area contributed by atoms with Crippen LogP contribution in [-0.4, -0.2) is 69.9 Å². The van der Waals surface area contributed by atoms with Gasteiger partial charge in [0, 0.05) is 32.2 Å². The number of carbonyl (C=O) groups excluding carboxylic acids is 1. The Morgan fingerprint density at radius 3 is 2.71 bits per heavy atom. The van der Waals surface area contributed by atoms with Crippen LogP contribution in [0.4, 0.5) is 0 Å². The van der Waals surface area contributed by atoms with Crippen LogP contribution in [0.5, 0.6) is 0 Å². The molecule has 2 N–H and O–H groups in total. The van der Waals surface area contributed by atoms with Gasteiger partial charge in [0.25, 0.3) is 0 Å². The summed E-state index contributed by atoms with van der Waals surface area (Å²) in [5.74, 6) is -0.0527. The molecule has 1 amide bonds. The van der Waals surface area contributed by atoms with Crippen LogP contribution in [0.2, 0.25) is 0 Å². The van der Waals surface area contributed by atoms with Crippen molar-refractivity contribution < 1.29 is 17.9 Å². The molecule has 0 saturated carbocycles. The molecule has 0 bridgehead atoms. The van der Waals surface area contributed by atoms with Crippen molar-refractivity contribution in [1.29, 1.82) is 0 Å². The predicted molar refractivity (Wildman–Crippen MR) is 79.4 cm³/mol. The molecule has 8 heteroatoms. The van der Waals surface area contributed by atoms with Gasteiger partial charge in [0.1, 0.15) is 6.61 Å². The molecule has 0 spiro atoms. The number of rotatable bonds is 6. The van der Waals surface area contributed by atoms with Crippen molar-refractivity contribution in [1.82, 2.24) is 14.9 Å². The Kier molecular flexibility index (Phi) is 5.24. The number of ether oxygens (including phenoxy) is 1. The third-order valence-electron chi connectivity index (χ3n) is 4.07. The molecule has 1 atom stereocenters. The Morgan fingerprint density at radius 1 is 1.43 bits per heavy atom. The van der Waals surface area contributed by atoms with E-state index in [1.165, 1.54) is 0 Å². The van der Waals surface area contributed by atoms with Crippen molar-refractivity contribution in [3.8, 4) is 0 Å². The lowest BCUT2D eigenvalue weighted by Crippen LogP contribution is -2.60. The van der Waals surface area contributed by atoms with Crippen molar-refractivity contribution in [2.75, 3.05) is 39.0 Å². The van der Waals surface area contributed by atoms with E-state index in [9.17, 15) is 13.2 Å². The SMILES string of the molecule is CC1(OCC(=O)N2CCCCC2CNS(C)(=O)=O)CNC1. The van der Waals surface area contributed by atoms with Crippen LogP contribution in [-0.2, 0) is 19.6 Å². The van der Waals surface area contributed by atoms with Crippen LogP contribution in [0, 0.1) is 0 Å². The minimum Gasteiger partial charge on any atom is -0.363 e. The fraction of sp³-hybridized carbons (Fsp3) is 0.923. The summed E-state index contributed by atoms with van der Waals surface area (Å²) in [6, 6.07) is -0.0723. The lowest BCUT2D eigenvalue weighted by atomic mass is 10.00. The predicted octanol–water partition coefficient (Wildman–Crippen LogP) is -0.705. The molecule has 2 saturated heterocycles. The van der Waals surface area contributed by atoms with E-state index >= 15 is 0 Å². The van der Waals surface area contributed by atoms with Crippen LogP contribution >= 0.6 is 0 Å². The highest BCUT2D eigenvalue weighted by atomic mass is 32.2. The van der Waals surface area contributed by atoms with Crippen molar-refractivity contribution in [3.63, 3.8) is 0 Å². The second kappa shape index (κ2) is 6.60. The van der Waals surface area contributed by atoms with Gasteiger partial charge in [0.15, 0.2) is 0 Å². The van der Waals surface area contributed by atoms with Gasteiger partial charge >= 0.3 is 0 Å². The number of piperidine rings is 1. The number of carbonyl (C=O) groups is 1. The first-order valence-electron chi connectivity index (χ1n) is 7.38. The molecule has 2 aliphatic heterocycles. The molecule has 2 rings (SSSR count). The van der Waals surface area contributed by atoms with Crippen LogP contribution in [0.1, 0.15) is 26.2 Å². The van der Waals surface area contributed by atoms with E-state index in [4.69, 9.17) is 4.74 Å². The molecule has 0 aromatic heterocycles. The molecule has 2 fully saturated rings. The number of hydrogen-bond acceptors (Lipinski definition) is 5. The zero-order valence-electron chi connectivity index (χ0n) is 12.7. The summed E-state index contributed by atoms with van der Waals surface area (Å²) in [4.78, 5) is 14.1. The Bertz CT molecular complexity index is 476.